The van der Waals surface area contributed by atoms with E-state index in [0.29, 0.717) is 0 Å². The Morgan fingerprint density at radius 3 is 2.42 bits per heavy atom. The Bertz CT molecular complexity index is 295. The maximum absolute atomic E-state index is 5.90. The van der Waals surface area contributed by atoms with Gasteiger partial charge in [-0.3, -0.25) is 4.90 Å². The van der Waals surface area contributed by atoms with Crippen LogP contribution in [0.15, 0.2) is 0 Å². The Balaban J connectivity index is 1.60. The van der Waals surface area contributed by atoms with E-state index in [2.05, 4.69) is 24.1 Å². The Hall–Kier alpha value is -0.120. The molecule has 0 aromatic heterocycles. The molecule has 1 N–H and O–H groups in total. The molecule has 1 aliphatic carbocycles. The van der Waals surface area contributed by atoms with Crippen LogP contribution in [0.3, 0.4) is 0 Å². The lowest BCUT2D eigenvalue weighted by atomic mass is 9.90. The van der Waals surface area contributed by atoms with Crippen molar-refractivity contribution in [1.82, 2.24) is 10.2 Å². The minimum Gasteiger partial charge on any atom is -0.375 e. The lowest BCUT2D eigenvalue weighted by Gasteiger charge is -2.43. The summed E-state index contributed by atoms with van der Waals surface area (Å²) in [6.07, 6.45) is 8.07. The highest BCUT2D eigenvalue weighted by Crippen LogP contribution is 2.36. The van der Waals surface area contributed by atoms with Crippen LogP contribution >= 0.6 is 0 Å². The highest BCUT2D eigenvalue weighted by Gasteiger charge is 2.39. The van der Waals surface area contributed by atoms with Crippen molar-refractivity contribution in [2.24, 2.45) is 5.92 Å². The molecule has 3 heteroatoms. The SMILES string of the molecule is CC1(C)CC(N(CC2CCNCC2)C2CC2)CCO1. The molecule has 0 aromatic carbocycles. The zero-order chi connectivity index (χ0) is 13.3. The van der Waals surface area contributed by atoms with Crippen LogP contribution in [-0.4, -0.2) is 48.8 Å². The second-order valence-electron chi connectivity index (χ2n) is 7.38. The first-order valence-corrected chi connectivity index (χ1v) is 8.24. The van der Waals surface area contributed by atoms with Gasteiger partial charge in [-0.05, 0) is 71.4 Å². The molecule has 2 saturated heterocycles. The van der Waals surface area contributed by atoms with Gasteiger partial charge in [0.15, 0.2) is 0 Å². The molecule has 2 heterocycles. The third-order valence-electron chi connectivity index (χ3n) is 5.08. The van der Waals surface area contributed by atoms with Gasteiger partial charge in [0.25, 0.3) is 0 Å². The van der Waals surface area contributed by atoms with E-state index in [-0.39, 0.29) is 5.60 Å². The molecule has 0 radical (unpaired) electrons. The Morgan fingerprint density at radius 2 is 1.79 bits per heavy atom. The van der Waals surface area contributed by atoms with E-state index in [1.807, 2.05) is 0 Å². The summed E-state index contributed by atoms with van der Waals surface area (Å²) < 4.78 is 5.90. The van der Waals surface area contributed by atoms with Gasteiger partial charge in [-0.2, -0.15) is 0 Å². The molecule has 110 valence electrons. The van der Waals surface area contributed by atoms with Crippen LogP contribution in [0.25, 0.3) is 0 Å². The van der Waals surface area contributed by atoms with E-state index in [4.69, 9.17) is 4.74 Å². The lowest BCUT2D eigenvalue weighted by Crippen LogP contribution is -2.49. The number of nitrogens with one attached hydrogen (secondary N) is 1. The van der Waals surface area contributed by atoms with Crippen molar-refractivity contribution in [3.63, 3.8) is 0 Å². The first kappa shape index (κ1) is 13.8. The molecular weight excluding hydrogens is 236 g/mol. The standard InChI is InChI=1S/C16H30N2O/c1-16(2)11-15(7-10-19-16)18(14-3-4-14)12-13-5-8-17-9-6-13/h13-15,17H,3-12H2,1-2H3. The summed E-state index contributed by atoms with van der Waals surface area (Å²) >= 11 is 0. The summed E-state index contributed by atoms with van der Waals surface area (Å²) in [6, 6.07) is 1.67. The molecule has 2 aliphatic heterocycles. The molecule has 0 amide bonds. The smallest absolute Gasteiger partial charge is 0.0641 e. The average Bonchev–Trinajstić information content (AvgIpc) is 3.20. The largest absolute Gasteiger partial charge is 0.375 e. The molecule has 3 fully saturated rings. The Labute approximate surface area is 118 Å². The number of hydrogen-bond donors (Lipinski definition) is 1. The van der Waals surface area contributed by atoms with Crippen LogP contribution in [0.1, 0.15) is 52.4 Å². The zero-order valence-electron chi connectivity index (χ0n) is 12.7. The molecule has 0 spiro atoms. The maximum Gasteiger partial charge on any atom is 0.0641 e. The van der Waals surface area contributed by atoms with Gasteiger partial charge in [-0.25, -0.2) is 0 Å². The van der Waals surface area contributed by atoms with Crippen LogP contribution in [0, 0.1) is 5.92 Å². The van der Waals surface area contributed by atoms with Crippen LogP contribution in [0.4, 0.5) is 0 Å². The second kappa shape index (κ2) is 5.71. The fourth-order valence-corrected chi connectivity index (χ4v) is 3.85. The van der Waals surface area contributed by atoms with Crippen molar-refractivity contribution in [3.05, 3.63) is 0 Å². The normalized spacial score (nSPS) is 32.7. The second-order valence-corrected chi connectivity index (χ2v) is 7.38. The Morgan fingerprint density at radius 1 is 1.05 bits per heavy atom. The van der Waals surface area contributed by atoms with Gasteiger partial charge in [0.05, 0.1) is 5.60 Å². The van der Waals surface area contributed by atoms with Crippen LogP contribution in [0.2, 0.25) is 0 Å². The zero-order valence-corrected chi connectivity index (χ0v) is 12.7. The van der Waals surface area contributed by atoms with Gasteiger partial charge in [0.1, 0.15) is 0 Å². The minimum atomic E-state index is 0.0875. The first-order valence-electron chi connectivity index (χ1n) is 8.24. The van der Waals surface area contributed by atoms with Crippen LogP contribution in [-0.2, 0) is 4.74 Å². The number of hydrogen-bond acceptors (Lipinski definition) is 3. The first-order chi connectivity index (χ1) is 9.14. The number of nitrogens with zero attached hydrogens (tertiary/aromatic N) is 1. The lowest BCUT2D eigenvalue weighted by molar-refractivity contribution is -0.0867. The third-order valence-corrected chi connectivity index (χ3v) is 5.08. The molecule has 3 aliphatic rings. The van der Waals surface area contributed by atoms with E-state index in [0.717, 1.165) is 24.6 Å². The summed E-state index contributed by atoms with van der Waals surface area (Å²) in [5.74, 6) is 0.924. The molecule has 0 aromatic rings. The van der Waals surface area contributed by atoms with E-state index in [1.165, 1.54) is 58.2 Å². The van der Waals surface area contributed by atoms with Crippen molar-refractivity contribution in [2.75, 3.05) is 26.2 Å². The molecule has 1 saturated carbocycles. The van der Waals surface area contributed by atoms with Crippen molar-refractivity contribution in [1.29, 1.82) is 0 Å². The van der Waals surface area contributed by atoms with E-state index < -0.39 is 0 Å². The van der Waals surface area contributed by atoms with Gasteiger partial charge in [-0.1, -0.05) is 0 Å². The summed E-state index contributed by atoms with van der Waals surface area (Å²) in [5, 5.41) is 3.49. The summed E-state index contributed by atoms with van der Waals surface area (Å²) in [6.45, 7) is 9.26. The van der Waals surface area contributed by atoms with Crippen molar-refractivity contribution in [3.8, 4) is 0 Å². The summed E-state index contributed by atoms with van der Waals surface area (Å²) in [7, 11) is 0. The minimum absolute atomic E-state index is 0.0875. The monoisotopic (exact) mass is 266 g/mol. The molecule has 1 unspecified atom stereocenters. The highest BCUT2D eigenvalue weighted by atomic mass is 16.5. The third kappa shape index (κ3) is 3.71. The van der Waals surface area contributed by atoms with E-state index in [9.17, 15) is 0 Å². The van der Waals surface area contributed by atoms with Gasteiger partial charge in [0, 0.05) is 25.2 Å². The van der Waals surface area contributed by atoms with Gasteiger partial charge in [-0.15, -0.1) is 0 Å². The predicted molar refractivity (Wildman–Crippen MR) is 78.4 cm³/mol. The highest BCUT2D eigenvalue weighted by molar-refractivity contribution is 4.94. The molecular formula is C16H30N2O. The molecule has 3 nitrogen and oxygen atoms in total. The van der Waals surface area contributed by atoms with Gasteiger partial charge in [0.2, 0.25) is 0 Å². The van der Waals surface area contributed by atoms with Crippen molar-refractivity contribution >= 4 is 0 Å². The van der Waals surface area contributed by atoms with Crippen molar-refractivity contribution < 1.29 is 4.74 Å². The number of piperidine rings is 1. The van der Waals surface area contributed by atoms with Crippen molar-refractivity contribution in [2.45, 2.75) is 70.1 Å². The molecule has 1 atom stereocenters. The van der Waals surface area contributed by atoms with Crippen LogP contribution in [0.5, 0.6) is 0 Å². The van der Waals surface area contributed by atoms with Crippen LogP contribution < -0.4 is 5.32 Å². The summed E-state index contributed by atoms with van der Waals surface area (Å²) in [4.78, 5) is 2.86. The maximum atomic E-state index is 5.90. The quantitative estimate of drug-likeness (QED) is 0.845. The fourth-order valence-electron chi connectivity index (χ4n) is 3.85. The molecule has 0 bridgehead atoms. The number of ether oxygens (including phenoxy) is 1. The average molecular weight is 266 g/mol. The fraction of sp³-hybridized carbons (Fsp3) is 1.00. The number of rotatable bonds is 4. The van der Waals surface area contributed by atoms with Gasteiger partial charge < -0.3 is 10.1 Å². The predicted octanol–water partition coefficient (Wildman–Crippen LogP) is 2.41. The Kier molecular flexibility index (Phi) is 4.16. The van der Waals surface area contributed by atoms with Gasteiger partial charge >= 0.3 is 0 Å². The molecule has 3 rings (SSSR count). The molecule has 19 heavy (non-hydrogen) atoms. The topological polar surface area (TPSA) is 24.5 Å². The van der Waals surface area contributed by atoms with E-state index in [1.54, 1.807) is 0 Å². The summed E-state index contributed by atoms with van der Waals surface area (Å²) in [5.41, 5.74) is 0.0875. The van der Waals surface area contributed by atoms with E-state index >= 15 is 0 Å².